The second kappa shape index (κ2) is 3.74. The first-order valence-electron chi connectivity index (χ1n) is 4.49. The Kier molecular flexibility index (Phi) is 2.27. The summed E-state index contributed by atoms with van der Waals surface area (Å²) in [6.45, 7) is 0. The number of hydrogen-bond acceptors (Lipinski definition) is 2. The van der Waals surface area contributed by atoms with E-state index < -0.39 is 0 Å². The normalized spacial score (nSPS) is 9.00. The van der Waals surface area contributed by atoms with E-state index in [1.54, 1.807) is 6.07 Å². The van der Waals surface area contributed by atoms with Crippen molar-refractivity contribution in [3.05, 3.63) is 42.0 Å². The van der Waals surface area contributed by atoms with E-state index in [0.717, 1.165) is 22.0 Å². The number of nitrogens with two attached hydrogens (primary N) is 1. The minimum Gasteiger partial charge on any atom is -0.399 e. The summed E-state index contributed by atoms with van der Waals surface area (Å²) in [5.74, 6) is 5.13. The van der Waals surface area contributed by atoms with Crippen molar-refractivity contribution in [2.45, 2.75) is 0 Å². The summed E-state index contributed by atoms with van der Waals surface area (Å²) >= 11 is 0. The first kappa shape index (κ1) is 9.12. The SMILES string of the molecule is N#CC#Cc1ccc2cc(N)ccc2c1. The van der Waals surface area contributed by atoms with Crippen molar-refractivity contribution in [3.8, 4) is 17.9 Å². The molecule has 2 N–H and O–H groups in total. The maximum Gasteiger partial charge on any atom is 0.152 e. The summed E-state index contributed by atoms with van der Waals surface area (Å²) in [4.78, 5) is 0. The lowest BCUT2D eigenvalue weighted by molar-refractivity contribution is 1.55. The fourth-order valence-corrected chi connectivity index (χ4v) is 1.44. The van der Waals surface area contributed by atoms with Gasteiger partial charge in [-0.3, -0.25) is 0 Å². The van der Waals surface area contributed by atoms with E-state index in [-0.39, 0.29) is 0 Å². The van der Waals surface area contributed by atoms with Gasteiger partial charge in [0.15, 0.2) is 6.07 Å². The summed E-state index contributed by atoms with van der Waals surface area (Å²) < 4.78 is 0. The highest BCUT2D eigenvalue weighted by Crippen LogP contribution is 2.18. The minimum atomic E-state index is 0.748. The molecule has 0 bridgehead atoms. The van der Waals surface area contributed by atoms with E-state index in [1.807, 2.05) is 36.4 Å². The molecule has 2 heteroatoms. The zero-order chi connectivity index (χ0) is 10.7. The molecule has 0 atom stereocenters. The van der Waals surface area contributed by atoms with Crippen LogP contribution in [0.1, 0.15) is 5.56 Å². The zero-order valence-electron chi connectivity index (χ0n) is 7.99. The Bertz CT molecular complexity index is 610. The van der Waals surface area contributed by atoms with Gasteiger partial charge in [-0.2, -0.15) is 5.26 Å². The van der Waals surface area contributed by atoms with Crippen molar-refractivity contribution in [2.24, 2.45) is 0 Å². The fraction of sp³-hybridized carbons (Fsp3) is 0. The minimum absolute atomic E-state index is 0.748. The Morgan fingerprint density at radius 2 is 1.73 bits per heavy atom. The molecule has 0 aromatic heterocycles. The van der Waals surface area contributed by atoms with Crippen LogP contribution in [0, 0.1) is 23.2 Å². The van der Waals surface area contributed by atoms with Gasteiger partial charge in [0.05, 0.1) is 0 Å². The predicted molar refractivity (Wildman–Crippen MR) is 60.9 cm³/mol. The van der Waals surface area contributed by atoms with Crippen LogP contribution in [0.3, 0.4) is 0 Å². The molecule has 0 heterocycles. The zero-order valence-corrected chi connectivity index (χ0v) is 7.99. The molecule has 0 aliphatic rings. The third-order valence-electron chi connectivity index (χ3n) is 2.13. The number of anilines is 1. The van der Waals surface area contributed by atoms with Crippen molar-refractivity contribution in [1.29, 1.82) is 5.26 Å². The van der Waals surface area contributed by atoms with Gasteiger partial charge in [0.25, 0.3) is 0 Å². The molecule has 2 aromatic rings. The summed E-state index contributed by atoms with van der Waals surface area (Å²) in [7, 11) is 0. The maximum absolute atomic E-state index is 8.34. The first-order valence-corrected chi connectivity index (χ1v) is 4.49. The van der Waals surface area contributed by atoms with Gasteiger partial charge in [0.2, 0.25) is 0 Å². The van der Waals surface area contributed by atoms with Crippen LogP contribution >= 0.6 is 0 Å². The smallest absolute Gasteiger partial charge is 0.152 e. The van der Waals surface area contributed by atoms with Crippen LogP contribution in [-0.2, 0) is 0 Å². The molecule has 0 amide bonds. The number of nitriles is 1. The van der Waals surface area contributed by atoms with Crippen molar-refractivity contribution >= 4 is 16.5 Å². The highest BCUT2D eigenvalue weighted by atomic mass is 14.5. The van der Waals surface area contributed by atoms with Crippen LogP contribution in [0.15, 0.2) is 36.4 Å². The van der Waals surface area contributed by atoms with Crippen LogP contribution < -0.4 is 5.73 Å². The van der Waals surface area contributed by atoms with Gasteiger partial charge in [0, 0.05) is 17.2 Å². The Morgan fingerprint density at radius 3 is 2.53 bits per heavy atom. The molecule has 0 saturated heterocycles. The molecule has 0 fully saturated rings. The van der Waals surface area contributed by atoms with Crippen molar-refractivity contribution in [3.63, 3.8) is 0 Å². The van der Waals surface area contributed by atoms with E-state index in [9.17, 15) is 0 Å². The van der Waals surface area contributed by atoms with E-state index in [0.29, 0.717) is 0 Å². The van der Waals surface area contributed by atoms with E-state index >= 15 is 0 Å². The molecule has 2 rings (SSSR count). The van der Waals surface area contributed by atoms with Crippen LogP contribution in [0.2, 0.25) is 0 Å². The van der Waals surface area contributed by atoms with Gasteiger partial charge >= 0.3 is 0 Å². The quantitative estimate of drug-likeness (QED) is 0.514. The van der Waals surface area contributed by atoms with E-state index in [1.165, 1.54) is 0 Å². The molecule has 0 aliphatic carbocycles. The van der Waals surface area contributed by atoms with E-state index in [4.69, 9.17) is 11.0 Å². The van der Waals surface area contributed by atoms with Gasteiger partial charge in [-0.25, -0.2) is 0 Å². The Labute approximate surface area is 87.9 Å². The third-order valence-corrected chi connectivity index (χ3v) is 2.13. The van der Waals surface area contributed by atoms with Crippen molar-refractivity contribution < 1.29 is 0 Å². The lowest BCUT2D eigenvalue weighted by Gasteiger charge is -1.99. The molecule has 0 unspecified atom stereocenters. The van der Waals surface area contributed by atoms with Crippen molar-refractivity contribution in [1.82, 2.24) is 0 Å². The lowest BCUT2D eigenvalue weighted by Crippen LogP contribution is -1.84. The Balaban J connectivity index is 2.58. The number of fused-ring (bicyclic) bond motifs is 1. The molecule has 0 spiro atoms. The first-order chi connectivity index (χ1) is 7.29. The average molecular weight is 192 g/mol. The molecular formula is C13H8N2. The average Bonchev–Trinajstić information content (AvgIpc) is 2.26. The number of nitrogen functional groups attached to an aromatic ring is 1. The third kappa shape index (κ3) is 1.90. The summed E-state index contributed by atoms with van der Waals surface area (Å²) in [5, 5.41) is 10.5. The molecule has 2 aromatic carbocycles. The Morgan fingerprint density at radius 1 is 1.00 bits per heavy atom. The molecular weight excluding hydrogens is 184 g/mol. The predicted octanol–water partition coefficient (Wildman–Crippen LogP) is 2.30. The second-order valence-electron chi connectivity index (χ2n) is 3.18. The number of nitrogens with zero attached hydrogens (tertiary/aromatic N) is 1. The lowest BCUT2D eigenvalue weighted by atomic mass is 10.1. The molecule has 15 heavy (non-hydrogen) atoms. The van der Waals surface area contributed by atoms with Crippen LogP contribution in [0.25, 0.3) is 10.8 Å². The maximum atomic E-state index is 8.34. The Hall–Kier alpha value is -2.45. The molecule has 70 valence electrons. The van der Waals surface area contributed by atoms with Gasteiger partial charge in [0.1, 0.15) is 0 Å². The molecule has 0 radical (unpaired) electrons. The highest BCUT2D eigenvalue weighted by molar-refractivity contribution is 5.86. The number of rotatable bonds is 0. The van der Waals surface area contributed by atoms with Gasteiger partial charge in [-0.15, -0.1) is 0 Å². The number of hydrogen-bond donors (Lipinski definition) is 1. The van der Waals surface area contributed by atoms with E-state index in [2.05, 4.69) is 11.8 Å². The summed E-state index contributed by atoms with van der Waals surface area (Å²) in [6.07, 6.45) is 0. The molecule has 0 aliphatic heterocycles. The monoisotopic (exact) mass is 192 g/mol. The number of benzene rings is 2. The van der Waals surface area contributed by atoms with Gasteiger partial charge in [-0.05, 0) is 35.0 Å². The van der Waals surface area contributed by atoms with Crippen molar-refractivity contribution in [2.75, 3.05) is 5.73 Å². The second-order valence-corrected chi connectivity index (χ2v) is 3.18. The largest absolute Gasteiger partial charge is 0.399 e. The summed E-state index contributed by atoms with van der Waals surface area (Å²) in [6, 6.07) is 13.3. The van der Waals surface area contributed by atoms with Crippen LogP contribution in [-0.4, -0.2) is 0 Å². The van der Waals surface area contributed by atoms with Crippen LogP contribution in [0.4, 0.5) is 5.69 Å². The van der Waals surface area contributed by atoms with Gasteiger partial charge < -0.3 is 5.73 Å². The topological polar surface area (TPSA) is 49.8 Å². The fourth-order valence-electron chi connectivity index (χ4n) is 1.44. The molecule has 2 nitrogen and oxygen atoms in total. The van der Waals surface area contributed by atoms with Gasteiger partial charge in [-0.1, -0.05) is 18.1 Å². The highest BCUT2D eigenvalue weighted by Gasteiger charge is 1.94. The summed E-state index contributed by atoms with van der Waals surface area (Å²) in [5.41, 5.74) is 7.26. The van der Waals surface area contributed by atoms with Crippen LogP contribution in [0.5, 0.6) is 0 Å². The standard InChI is InChI=1S/C13H8N2/c14-7-1-2-10-3-4-12-9-13(15)6-5-11(12)8-10/h3-6,8-9H,15H2. The molecule has 0 saturated carbocycles.